The quantitative estimate of drug-likeness (QED) is 0.479. The lowest BCUT2D eigenvalue weighted by atomic mass is 10.4. The van der Waals surface area contributed by atoms with Crippen molar-refractivity contribution in [2.75, 3.05) is 6.54 Å². The van der Waals surface area contributed by atoms with E-state index in [2.05, 4.69) is 5.32 Å². The van der Waals surface area contributed by atoms with Gasteiger partial charge in [0.05, 0.1) is 0 Å². The molecule has 0 radical (unpaired) electrons. The maximum atomic E-state index is 12.0. The highest BCUT2D eigenvalue weighted by molar-refractivity contribution is 5.85. The molecule has 4 N–H and O–H groups in total. The molecule has 0 rings (SSSR count). The van der Waals surface area contributed by atoms with Crippen molar-refractivity contribution in [1.82, 2.24) is 5.32 Å². The molecule has 0 spiro atoms. The Morgan fingerprint density at radius 3 is 2.17 bits per heavy atom. The zero-order chi connectivity index (χ0) is 8.85. The molecule has 0 saturated heterocycles. The average molecular weight is 204 g/mol. The van der Waals surface area contributed by atoms with Gasteiger partial charge in [0, 0.05) is 13.0 Å². The van der Waals surface area contributed by atoms with Gasteiger partial charge in [-0.05, 0) is 0 Å². The van der Waals surface area contributed by atoms with Crippen LogP contribution >= 0.6 is 12.4 Å². The first-order valence-corrected chi connectivity index (χ1v) is 2.81. The molecule has 0 heterocycles. The zero-order valence-corrected chi connectivity index (χ0v) is 6.85. The number of rotatable bonds is 3. The van der Waals surface area contributed by atoms with Crippen molar-refractivity contribution in [3.63, 3.8) is 0 Å². The number of hydrogen-bond donors (Lipinski definition) is 3. The summed E-state index contributed by atoms with van der Waals surface area (Å²) in [4.78, 5) is 0. The second kappa shape index (κ2) is 6.78. The van der Waals surface area contributed by atoms with Crippen LogP contribution in [0, 0.1) is 5.41 Å². The molecule has 0 atom stereocenters. The van der Waals surface area contributed by atoms with Crippen LogP contribution in [-0.2, 0) is 0 Å². The smallest absolute Gasteiger partial charge is 0.301 e. The maximum Gasteiger partial charge on any atom is 0.301 e. The van der Waals surface area contributed by atoms with Gasteiger partial charge in [-0.15, -0.1) is 12.4 Å². The first-order chi connectivity index (χ1) is 5.04. The molecule has 12 heavy (non-hydrogen) atoms. The molecule has 0 aliphatic carbocycles. The summed E-state index contributed by atoms with van der Waals surface area (Å²) >= 11 is 0. The standard InChI is InChI=1S/C5H8F3N3.ClH/c6-3(4(7)8)1-2-11-5(9)10;/h1-2H2,(H4,9,10,11);1H. The highest BCUT2D eigenvalue weighted by atomic mass is 35.5. The lowest BCUT2D eigenvalue weighted by Gasteiger charge is -1.99. The van der Waals surface area contributed by atoms with Gasteiger partial charge >= 0.3 is 6.08 Å². The second-order valence-electron chi connectivity index (χ2n) is 1.76. The Morgan fingerprint density at radius 2 is 1.83 bits per heavy atom. The van der Waals surface area contributed by atoms with Crippen molar-refractivity contribution in [1.29, 1.82) is 5.41 Å². The first-order valence-electron chi connectivity index (χ1n) is 2.81. The molecule has 0 fully saturated rings. The van der Waals surface area contributed by atoms with Gasteiger partial charge in [-0.2, -0.15) is 8.78 Å². The van der Waals surface area contributed by atoms with Crippen LogP contribution in [0.4, 0.5) is 13.2 Å². The SMILES string of the molecule is Cl.N=C(N)NCCC(F)=C(F)F. The van der Waals surface area contributed by atoms with Crippen molar-refractivity contribution in [3.8, 4) is 0 Å². The van der Waals surface area contributed by atoms with Gasteiger partial charge in [-0.3, -0.25) is 5.41 Å². The molecule has 0 unspecified atom stereocenters. The van der Waals surface area contributed by atoms with Crippen molar-refractivity contribution in [2.24, 2.45) is 5.73 Å². The van der Waals surface area contributed by atoms with Crippen LogP contribution in [0.25, 0.3) is 0 Å². The predicted octanol–water partition coefficient (Wildman–Crippen LogP) is 1.36. The molecule has 0 amide bonds. The van der Waals surface area contributed by atoms with E-state index in [4.69, 9.17) is 11.1 Å². The minimum atomic E-state index is -2.32. The van der Waals surface area contributed by atoms with Crippen LogP contribution in [-0.4, -0.2) is 12.5 Å². The molecular weight excluding hydrogens is 195 g/mol. The van der Waals surface area contributed by atoms with Crippen molar-refractivity contribution >= 4 is 18.4 Å². The van der Waals surface area contributed by atoms with Gasteiger partial charge in [0.15, 0.2) is 11.8 Å². The van der Waals surface area contributed by atoms with Crippen molar-refractivity contribution in [2.45, 2.75) is 6.42 Å². The minimum absolute atomic E-state index is 0. The third-order valence-corrected chi connectivity index (χ3v) is 0.865. The second-order valence-corrected chi connectivity index (χ2v) is 1.76. The monoisotopic (exact) mass is 203 g/mol. The summed E-state index contributed by atoms with van der Waals surface area (Å²) in [5, 5.41) is 8.77. The third-order valence-electron chi connectivity index (χ3n) is 0.865. The summed E-state index contributed by atoms with van der Waals surface area (Å²) in [5.74, 6) is -1.84. The molecule has 72 valence electrons. The fraction of sp³-hybridized carbons (Fsp3) is 0.400. The normalized spacial score (nSPS) is 8.25. The van der Waals surface area contributed by atoms with E-state index < -0.39 is 18.3 Å². The van der Waals surface area contributed by atoms with Gasteiger partial charge in [0.1, 0.15) is 0 Å². The number of guanidine groups is 1. The Kier molecular flexibility index (Phi) is 7.72. The molecule has 7 heteroatoms. The Hall–Kier alpha value is -0.910. The number of nitrogens with two attached hydrogens (primary N) is 1. The Labute approximate surface area is 73.7 Å². The molecule has 0 aromatic rings. The lowest BCUT2D eigenvalue weighted by Crippen LogP contribution is -2.30. The summed E-state index contributed by atoms with van der Waals surface area (Å²) in [6.45, 7) is -0.0987. The Balaban J connectivity index is 0. The van der Waals surface area contributed by atoms with Gasteiger partial charge in [-0.25, -0.2) is 4.39 Å². The summed E-state index contributed by atoms with van der Waals surface area (Å²) in [6.07, 6.45) is -2.78. The van der Waals surface area contributed by atoms with Crippen LogP contribution in [0.5, 0.6) is 0 Å². The van der Waals surface area contributed by atoms with Crippen LogP contribution in [0.2, 0.25) is 0 Å². The van der Waals surface area contributed by atoms with Crippen LogP contribution in [0.3, 0.4) is 0 Å². The van der Waals surface area contributed by atoms with Crippen LogP contribution < -0.4 is 11.1 Å². The minimum Gasteiger partial charge on any atom is -0.370 e. The number of halogens is 4. The van der Waals surface area contributed by atoms with E-state index in [1.165, 1.54) is 0 Å². The largest absolute Gasteiger partial charge is 0.370 e. The third kappa shape index (κ3) is 7.20. The predicted molar refractivity (Wildman–Crippen MR) is 42.1 cm³/mol. The number of nitrogens with one attached hydrogen (secondary N) is 2. The number of hydrogen-bond acceptors (Lipinski definition) is 1. The van der Waals surface area contributed by atoms with Crippen molar-refractivity contribution < 1.29 is 13.2 Å². The Bertz CT molecular complexity index is 179. The van der Waals surface area contributed by atoms with Crippen LogP contribution in [0.15, 0.2) is 11.9 Å². The zero-order valence-electron chi connectivity index (χ0n) is 6.03. The first kappa shape index (κ1) is 13.7. The summed E-state index contributed by atoms with van der Waals surface area (Å²) in [7, 11) is 0. The van der Waals surface area contributed by atoms with E-state index in [9.17, 15) is 13.2 Å². The van der Waals surface area contributed by atoms with E-state index >= 15 is 0 Å². The highest BCUT2D eigenvalue weighted by Gasteiger charge is 2.03. The summed E-state index contributed by atoms with van der Waals surface area (Å²) < 4.78 is 34.6. The molecule has 0 aromatic carbocycles. The van der Waals surface area contributed by atoms with Gasteiger partial charge in [-0.1, -0.05) is 0 Å². The average Bonchev–Trinajstić information content (AvgIpc) is 1.86. The summed E-state index contributed by atoms with van der Waals surface area (Å²) in [6, 6.07) is 0. The van der Waals surface area contributed by atoms with Crippen LogP contribution in [0.1, 0.15) is 6.42 Å². The molecule has 0 bridgehead atoms. The fourth-order valence-electron chi connectivity index (χ4n) is 0.401. The van der Waals surface area contributed by atoms with Gasteiger partial charge in [0.2, 0.25) is 0 Å². The molecular formula is C5H9ClF3N3. The van der Waals surface area contributed by atoms with E-state index in [0.29, 0.717) is 0 Å². The van der Waals surface area contributed by atoms with Gasteiger partial charge < -0.3 is 11.1 Å². The van der Waals surface area contributed by atoms with E-state index in [1.54, 1.807) is 0 Å². The highest BCUT2D eigenvalue weighted by Crippen LogP contribution is 2.11. The maximum absolute atomic E-state index is 12.0. The molecule has 0 aromatic heterocycles. The van der Waals surface area contributed by atoms with Crippen molar-refractivity contribution in [3.05, 3.63) is 11.9 Å². The Morgan fingerprint density at radius 1 is 1.33 bits per heavy atom. The molecule has 0 aliphatic heterocycles. The fourth-order valence-corrected chi connectivity index (χ4v) is 0.401. The van der Waals surface area contributed by atoms with E-state index in [1.807, 2.05) is 0 Å². The van der Waals surface area contributed by atoms with Gasteiger partial charge in [0.25, 0.3) is 0 Å². The molecule has 0 aliphatic rings. The molecule has 0 saturated carbocycles. The topological polar surface area (TPSA) is 61.9 Å². The van der Waals surface area contributed by atoms with E-state index in [-0.39, 0.29) is 24.9 Å². The lowest BCUT2D eigenvalue weighted by molar-refractivity contribution is 0.370. The molecule has 3 nitrogen and oxygen atoms in total. The van der Waals surface area contributed by atoms with E-state index in [0.717, 1.165) is 0 Å². The summed E-state index contributed by atoms with van der Waals surface area (Å²) in [5.41, 5.74) is 4.80.